The molecular formula is C14H27NO2. The lowest BCUT2D eigenvalue weighted by Crippen LogP contribution is -2.39. The van der Waals surface area contributed by atoms with Crippen LogP contribution >= 0.6 is 0 Å². The lowest BCUT2D eigenvalue weighted by molar-refractivity contribution is 0.0655. The Morgan fingerprint density at radius 2 is 1.76 bits per heavy atom. The number of aliphatic hydroxyl groups excluding tert-OH is 2. The predicted molar refractivity (Wildman–Crippen MR) is 68.9 cm³/mol. The molecule has 1 aliphatic carbocycles. The van der Waals surface area contributed by atoms with Gasteiger partial charge in [-0.2, -0.15) is 0 Å². The van der Waals surface area contributed by atoms with Crippen molar-refractivity contribution in [1.82, 2.24) is 4.90 Å². The van der Waals surface area contributed by atoms with Gasteiger partial charge < -0.3 is 15.1 Å². The monoisotopic (exact) mass is 241 g/mol. The van der Waals surface area contributed by atoms with Crippen molar-refractivity contribution >= 4 is 0 Å². The quantitative estimate of drug-likeness (QED) is 0.735. The summed E-state index contributed by atoms with van der Waals surface area (Å²) in [5.41, 5.74) is 0.154. The van der Waals surface area contributed by atoms with Crippen molar-refractivity contribution in [3.05, 3.63) is 0 Å². The molecule has 0 aromatic heterocycles. The summed E-state index contributed by atoms with van der Waals surface area (Å²) in [6.07, 6.45) is 8.71. The van der Waals surface area contributed by atoms with Gasteiger partial charge in [0.1, 0.15) is 0 Å². The van der Waals surface area contributed by atoms with Crippen LogP contribution in [0.2, 0.25) is 0 Å². The van der Waals surface area contributed by atoms with Gasteiger partial charge in [0.05, 0.1) is 0 Å². The maximum absolute atomic E-state index is 9.77. The van der Waals surface area contributed by atoms with E-state index < -0.39 is 0 Å². The first-order valence-electron chi connectivity index (χ1n) is 7.22. The van der Waals surface area contributed by atoms with Gasteiger partial charge in [-0.15, -0.1) is 0 Å². The largest absolute Gasteiger partial charge is 0.396 e. The second-order valence-electron chi connectivity index (χ2n) is 6.14. The normalized spacial score (nSPS) is 30.4. The molecule has 100 valence electrons. The summed E-state index contributed by atoms with van der Waals surface area (Å²) < 4.78 is 0. The smallest absolute Gasteiger partial charge is 0.0499 e. The molecule has 2 fully saturated rings. The average Bonchev–Trinajstić information content (AvgIpc) is 2.67. The number of rotatable bonds is 4. The maximum atomic E-state index is 9.77. The minimum absolute atomic E-state index is 0.154. The Morgan fingerprint density at radius 1 is 1.06 bits per heavy atom. The first-order valence-corrected chi connectivity index (χ1v) is 7.22. The van der Waals surface area contributed by atoms with Crippen LogP contribution in [0.15, 0.2) is 0 Å². The van der Waals surface area contributed by atoms with E-state index in [4.69, 9.17) is 0 Å². The van der Waals surface area contributed by atoms with Crippen molar-refractivity contribution < 1.29 is 10.2 Å². The van der Waals surface area contributed by atoms with Gasteiger partial charge in [-0.25, -0.2) is 0 Å². The van der Waals surface area contributed by atoms with E-state index in [0.29, 0.717) is 19.1 Å². The molecule has 1 unspecified atom stereocenters. The van der Waals surface area contributed by atoms with E-state index >= 15 is 0 Å². The highest BCUT2D eigenvalue weighted by Gasteiger charge is 2.34. The highest BCUT2D eigenvalue weighted by atomic mass is 16.3. The Kier molecular flexibility index (Phi) is 4.83. The van der Waals surface area contributed by atoms with Crippen LogP contribution in [0, 0.1) is 11.3 Å². The van der Waals surface area contributed by atoms with E-state index in [9.17, 15) is 10.2 Å². The van der Waals surface area contributed by atoms with Crippen molar-refractivity contribution in [2.45, 2.75) is 44.9 Å². The molecule has 0 aromatic carbocycles. The van der Waals surface area contributed by atoms with Crippen LogP contribution in [0.3, 0.4) is 0 Å². The predicted octanol–water partition coefficient (Wildman–Crippen LogP) is 1.63. The van der Waals surface area contributed by atoms with Gasteiger partial charge in [-0.05, 0) is 31.7 Å². The minimum Gasteiger partial charge on any atom is -0.396 e. The van der Waals surface area contributed by atoms with Crippen LogP contribution in [-0.2, 0) is 0 Å². The van der Waals surface area contributed by atoms with Gasteiger partial charge in [0.15, 0.2) is 0 Å². The van der Waals surface area contributed by atoms with E-state index in [1.54, 1.807) is 0 Å². The van der Waals surface area contributed by atoms with Gasteiger partial charge >= 0.3 is 0 Å². The number of hydrogen-bond acceptors (Lipinski definition) is 3. The lowest BCUT2D eigenvalue weighted by Gasteiger charge is -2.35. The van der Waals surface area contributed by atoms with Crippen LogP contribution in [-0.4, -0.2) is 48.0 Å². The molecule has 17 heavy (non-hydrogen) atoms. The SMILES string of the molecule is OCC1CCN(CC2(CO)CCCCCC2)C1. The average molecular weight is 241 g/mol. The number of likely N-dealkylation sites (tertiary alicyclic amines) is 1. The minimum atomic E-state index is 0.154. The molecule has 2 rings (SSSR count). The Morgan fingerprint density at radius 3 is 2.29 bits per heavy atom. The molecule has 1 aliphatic heterocycles. The lowest BCUT2D eigenvalue weighted by atomic mass is 9.80. The topological polar surface area (TPSA) is 43.7 Å². The van der Waals surface area contributed by atoms with Crippen molar-refractivity contribution in [2.24, 2.45) is 11.3 Å². The molecule has 0 radical (unpaired) electrons. The summed E-state index contributed by atoms with van der Waals surface area (Å²) in [6.45, 7) is 3.83. The van der Waals surface area contributed by atoms with E-state index in [1.165, 1.54) is 38.5 Å². The molecular weight excluding hydrogens is 214 g/mol. The molecule has 0 aromatic rings. The van der Waals surface area contributed by atoms with E-state index in [0.717, 1.165) is 26.1 Å². The third-order valence-corrected chi connectivity index (χ3v) is 4.69. The molecule has 1 saturated heterocycles. The zero-order valence-corrected chi connectivity index (χ0v) is 10.9. The molecule has 2 aliphatic rings. The molecule has 0 bridgehead atoms. The summed E-state index contributed by atoms with van der Waals surface area (Å²) in [7, 11) is 0. The summed E-state index contributed by atoms with van der Waals surface area (Å²) >= 11 is 0. The number of nitrogens with zero attached hydrogens (tertiary/aromatic N) is 1. The fourth-order valence-corrected chi connectivity index (χ4v) is 3.52. The highest BCUT2D eigenvalue weighted by Crippen LogP contribution is 2.36. The van der Waals surface area contributed by atoms with Gasteiger partial charge in [-0.1, -0.05) is 25.7 Å². The Balaban J connectivity index is 1.89. The van der Waals surface area contributed by atoms with Crippen LogP contribution in [0.4, 0.5) is 0 Å². The number of hydrogen-bond donors (Lipinski definition) is 2. The van der Waals surface area contributed by atoms with Crippen LogP contribution < -0.4 is 0 Å². The summed E-state index contributed by atoms with van der Waals surface area (Å²) in [4.78, 5) is 2.46. The first-order chi connectivity index (χ1) is 8.28. The van der Waals surface area contributed by atoms with Crippen LogP contribution in [0.5, 0.6) is 0 Å². The first kappa shape index (κ1) is 13.3. The van der Waals surface area contributed by atoms with Crippen molar-refractivity contribution in [1.29, 1.82) is 0 Å². The number of aliphatic hydroxyl groups is 2. The molecule has 3 nitrogen and oxygen atoms in total. The van der Waals surface area contributed by atoms with E-state index in [-0.39, 0.29) is 5.41 Å². The van der Waals surface area contributed by atoms with Gasteiger partial charge in [0.25, 0.3) is 0 Å². The summed E-state index contributed by atoms with van der Waals surface area (Å²) in [5, 5.41) is 19.0. The molecule has 1 atom stereocenters. The second-order valence-corrected chi connectivity index (χ2v) is 6.14. The Labute approximate surface area is 105 Å². The third-order valence-electron chi connectivity index (χ3n) is 4.69. The Bertz CT molecular complexity index is 224. The van der Waals surface area contributed by atoms with Crippen LogP contribution in [0.25, 0.3) is 0 Å². The van der Waals surface area contributed by atoms with Crippen LogP contribution in [0.1, 0.15) is 44.9 Å². The van der Waals surface area contributed by atoms with Crippen molar-refractivity contribution in [3.8, 4) is 0 Å². The zero-order valence-electron chi connectivity index (χ0n) is 10.9. The molecule has 0 spiro atoms. The fourth-order valence-electron chi connectivity index (χ4n) is 3.52. The third kappa shape index (κ3) is 3.43. The molecule has 1 saturated carbocycles. The maximum Gasteiger partial charge on any atom is 0.0499 e. The zero-order chi connectivity index (χ0) is 12.1. The van der Waals surface area contributed by atoms with E-state index in [2.05, 4.69) is 4.90 Å². The van der Waals surface area contributed by atoms with Gasteiger partial charge in [-0.3, -0.25) is 0 Å². The van der Waals surface area contributed by atoms with Crippen molar-refractivity contribution in [3.63, 3.8) is 0 Å². The molecule has 0 amide bonds. The molecule has 1 heterocycles. The second kappa shape index (κ2) is 6.17. The van der Waals surface area contributed by atoms with Gasteiger partial charge in [0.2, 0.25) is 0 Å². The van der Waals surface area contributed by atoms with Crippen molar-refractivity contribution in [2.75, 3.05) is 32.8 Å². The van der Waals surface area contributed by atoms with E-state index in [1.807, 2.05) is 0 Å². The Hall–Kier alpha value is -0.120. The molecule has 2 N–H and O–H groups in total. The summed E-state index contributed by atoms with van der Waals surface area (Å²) in [6, 6.07) is 0. The molecule has 3 heteroatoms. The van der Waals surface area contributed by atoms with Gasteiger partial charge in [0, 0.05) is 31.7 Å². The highest BCUT2D eigenvalue weighted by molar-refractivity contribution is 4.87. The standard InChI is InChI=1S/C14H27NO2/c16-10-13-5-8-15(9-13)11-14(12-17)6-3-1-2-4-7-14/h13,16-17H,1-12H2. The fraction of sp³-hybridized carbons (Fsp3) is 1.00. The summed E-state index contributed by atoms with van der Waals surface area (Å²) in [5.74, 6) is 0.469.